The summed E-state index contributed by atoms with van der Waals surface area (Å²) in [6, 6.07) is 25.0. The van der Waals surface area contributed by atoms with Crippen LogP contribution >= 0.6 is 0 Å². The molecule has 0 spiro atoms. The molecular weight excluding hydrogens is 428 g/mol. The topological polar surface area (TPSA) is 73.9 Å². The lowest BCUT2D eigenvalue weighted by Gasteiger charge is -2.34. The molecule has 0 aromatic heterocycles. The summed E-state index contributed by atoms with van der Waals surface area (Å²) in [5.74, 6) is 0.768. The van der Waals surface area contributed by atoms with Crippen molar-refractivity contribution >= 4 is 23.2 Å². The number of hydrogen-bond acceptors (Lipinski definition) is 5. The number of para-hydroxylation sites is 1. The molecule has 2 N–H and O–H groups in total. The number of nitrogens with one attached hydrogen (secondary N) is 2. The lowest BCUT2D eigenvalue weighted by atomic mass is 10.1. The van der Waals surface area contributed by atoms with Crippen molar-refractivity contribution in [1.82, 2.24) is 15.1 Å². The van der Waals surface area contributed by atoms with Crippen molar-refractivity contribution in [1.29, 1.82) is 0 Å². The van der Waals surface area contributed by atoms with Crippen molar-refractivity contribution in [2.75, 3.05) is 45.2 Å². The van der Waals surface area contributed by atoms with Gasteiger partial charge >= 0.3 is 0 Å². The molecule has 3 aromatic rings. The van der Waals surface area contributed by atoms with Gasteiger partial charge in [0.1, 0.15) is 5.75 Å². The van der Waals surface area contributed by atoms with Crippen molar-refractivity contribution in [3.8, 4) is 5.75 Å². The summed E-state index contributed by atoms with van der Waals surface area (Å²) in [6.45, 7) is 3.36. The van der Waals surface area contributed by atoms with Crippen LogP contribution in [0.2, 0.25) is 0 Å². The van der Waals surface area contributed by atoms with Crippen LogP contribution in [-0.4, -0.2) is 61.4 Å². The fourth-order valence-corrected chi connectivity index (χ4v) is 3.94. The molecule has 1 heterocycles. The maximum atomic E-state index is 13.3. The molecular formula is C27H30N4O3. The molecule has 1 aliphatic heterocycles. The zero-order valence-electron chi connectivity index (χ0n) is 19.4. The lowest BCUT2D eigenvalue weighted by Crippen LogP contribution is -2.51. The predicted octanol–water partition coefficient (Wildman–Crippen LogP) is 3.51. The summed E-state index contributed by atoms with van der Waals surface area (Å²) in [7, 11) is 1.63. The molecule has 4 rings (SSSR count). The van der Waals surface area contributed by atoms with Crippen molar-refractivity contribution in [2.45, 2.75) is 6.54 Å². The molecule has 0 bridgehead atoms. The number of benzene rings is 3. The van der Waals surface area contributed by atoms with Gasteiger partial charge in [0.15, 0.2) is 0 Å². The first-order chi connectivity index (χ1) is 16.6. The summed E-state index contributed by atoms with van der Waals surface area (Å²) in [5.41, 5.74) is 3.35. The number of anilines is 2. The van der Waals surface area contributed by atoms with E-state index in [0.29, 0.717) is 44.8 Å². The highest BCUT2D eigenvalue weighted by Crippen LogP contribution is 2.24. The summed E-state index contributed by atoms with van der Waals surface area (Å²) >= 11 is 0. The van der Waals surface area contributed by atoms with Gasteiger partial charge in [-0.2, -0.15) is 0 Å². The Morgan fingerprint density at radius 2 is 1.53 bits per heavy atom. The maximum Gasteiger partial charge on any atom is 0.256 e. The minimum absolute atomic E-state index is 0.00216. The molecule has 176 valence electrons. The fourth-order valence-electron chi connectivity index (χ4n) is 3.94. The largest absolute Gasteiger partial charge is 0.497 e. The Morgan fingerprint density at radius 3 is 2.24 bits per heavy atom. The van der Waals surface area contributed by atoms with Gasteiger partial charge in [-0.1, -0.05) is 42.5 Å². The summed E-state index contributed by atoms with van der Waals surface area (Å²) in [5, 5.41) is 6.31. The highest BCUT2D eigenvalue weighted by atomic mass is 16.5. The predicted molar refractivity (Wildman–Crippen MR) is 133 cm³/mol. The number of carbonyl (C=O) groups is 2. The van der Waals surface area contributed by atoms with Gasteiger partial charge in [-0.3, -0.25) is 14.5 Å². The number of amides is 2. The van der Waals surface area contributed by atoms with Crippen LogP contribution in [0.3, 0.4) is 0 Å². The number of hydrogen-bond donors (Lipinski definition) is 2. The third-order valence-electron chi connectivity index (χ3n) is 5.89. The molecule has 0 saturated carbocycles. The van der Waals surface area contributed by atoms with Crippen LogP contribution in [0, 0.1) is 0 Å². The first-order valence-electron chi connectivity index (χ1n) is 11.4. The molecule has 0 unspecified atom stereocenters. The van der Waals surface area contributed by atoms with Crippen LogP contribution in [0.5, 0.6) is 5.75 Å². The molecule has 7 nitrogen and oxygen atoms in total. The SMILES string of the molecule is COc1ccc(Nc2ccccc2C(=O)N2CCN(CC(=O)NCc3ccccc3)CC2)cc1. The van der Waals surface area contributed by atoms with E-state index in [1.165, 1.54) is 0 Å². The van der Waals surface area contributed by atoms with E-state index in [1.54, 1.807) is 7.11 Å². The second kappa shape index (κ2) is 11.3. The van der Waals surface area contributed by atoms with Crippen molar-refractivity contribution < 1.29 is 14.3 Å². The summed E-state index contributed by atoms with van der Waals surface area (Å²) in [4.78, 5) is 29.5. The molecule has 0 radical (unpaired) electrons. The highest BCUT2D eigenvalue weighted by molar-refractivity contribution is 6.00. The van der Waals surface area contributed by atoms with Crippen LogP contribution in [0.1, 0.15) is 15.9 Å². The lowest BCUT2D eigenvalue weighted by molar-refractivity contribution is -0.122. The Morgan fingerprint density at radius 1 is 0.853 bits per heavy atom. The van der Waals surface area contributed by atoms with Crippen LogP contribution < -0.4 is 15.4 Å². The van der Waals surface area contributed by atoms with Crippen LogP contribution in [-0.2, 0) is 11.3 Å². The van der Waals surface area contributed by atoms with Crippen LogP contribution in [0.25, 0.3) is 0 Å². The van der Waals surface area contributed by atoms with Gasteiger partial charge < -0.3 is 20.3 Å². The number of carbonyl (C=O) groups excluding carboxylic acids is 2. The van der Waals surface area contributed by atoms with Gasteiger partial charge in [-0.05, 0) is 42.0 Å². The van der Waals surface area contributed by atoms with Crippen molar-refractivity contribution in [3.05, 3.63) is 90.0 Å². The summed E-state index contributed by atoms with van der Waals surface area (Å²) in [6.07, 6.45) is 0. The van der Waals surface area contributed by atoms with E-state index in [9.17, 15) is 9.59 Å². The maximum absolute atomic E-state index is 13.3. The van der Waals surface area contributed by atoms with E-state index >= 15 is 0 Å². The second-order valence-electron chi connectivity index (χ2n) is 8.23. The van der Waals surface area contributed by atoms with Gasteiger partial charge in [0.05, 0.1) is 24.9 Å². The van der Waals surface area contributed by atoms with Crippen LogP contribution in [0.15, 0.2) is 78.9 Å². The third-order valence-corrected chi connectivity index (χ3v) is 5.89. The second-order valence-corrected chi connectivity index (χ2v) is 8.23. The van der Waals surface area contributed by atoms with Gasteiger partial charge in [0.25, 0.3) is 5.91 Å². The smallest absolute Gasteiger partial charge is 0.256 e. The molecule has 1 fully saturated rings. The molecule has 34 heavy (non-hydrogen) atoms. The Hall–Kier alpha value is -3.84. The Balaban J connectivity index is 1.29. The molecule has 2 amide bonds. The molecule has 1 aliphatic rings. The summed E-state index contributed by atoms with van der Waals surface area (Å²) < 4.78 is 5.21. The average Bonchev–Trinajstić information content (AvgIpc) is 2.89. The Bertz CT molecular complexity index is 1090. The van der Waals surface area contributed by atoms with E-state index in [2.05, 4.69) is 15.5 Å². The number of methoxy groups -OCH3 is 1. The molecule has 0 atom stereocenters. The Labute approximate surface area is 200 Å². The van der Waals surface area contributed by atoms with Gasteiger partial charge in [-0.15, -0.1) is 0 Å². The van der Waals surface area contributed by atoms with Gasteiger partial charge in [0.2, 0.25) is 5.91 Å². The number of nitrogens with zero attached hydrogens (tertiary/aromatic N) is 2. The number of piperazine rings is 1. The van der Waals surface area contributed by atoms with Crippen molar-refractivity contribution in [2.24, 2.45) is 0 Å². The van der Waals surface area contributed by atoms with E-state index in [4.69, 9.17) is 4.74 Å². The Kier molecular flexibility index (Phi) is 7.78. The average molecular weight is 459 g/mol. The first kappa shape index (κ1) is 23.3. The van der Waals surface area contributed by atoms with E-state index in [0.717, 1.165) is 22.7 Å². The number of ether oxygens (including phenoxy) is 1. The fraction of sp³-hybridized carbons (Fsp3) is 0.259. The standard InChI is InChI=1S/C27H30N4O3/c1-34-23-13-11-22(12-14-23)29-25-10-6-5-9-24(25)27(33)31-17-15-30(16-18-31)20-26(32)28-19-21-7-3-2-4-8-21/h2-14,29H,15-20H2,1H3,(H,28,32). The highest BCUT2D eigenvalue weighted by Gasteiger charge is 2.24. The normalized spacial score (nSPS) is 13.9. The molecule has 3 aromatic carbocycles. The van der Waals surface area contributed by atoms with Crippen LogP contribution in [0.4, 0.5) is 11.4 Å². The minimum atomic E-state index is -0.00945. The monoisotopic (exact) mass is 458 g/mol. The zero-order chi connectivity index (χ0) is 23.8. The molecule has 1 saturated heterocycles. The zero-order valence-corrected chi connectivity index (χ0v) is 19.4. The van der Waals surface area contributed by atoms with E-state index in [-0.39, 0.29) is 11.8 Å². The van der Waals surface area contributed by atoms with Gasteiger partial charge in [0, 0.05) is 38.4 Å². The van der Waals surface area contributed by atoms with Crippen molar-refractivity contribution in [3.63, 3.8) is 0 Å². The van der Waals surface area contributed by atoms with E-state index < -0.39 is 0 Å². The first-order valence-corrected chi connectivity index (χ1v) is 11.4. The minimum Gasteiger partial charge on any atom is -0.497 e. The number of rotatable bonds is 8. The van der Waals surface area contributed by atoms with E-state index in [1.807, 2.05) is 83.8 Å². The molecule has 7 heteroatoms. The third kappa shape index (κ3) is 6.14. The molecule has 0 aliphatic carbocycles. The van der Waals surface area contributed by atoms with Gasteiger partial charge in [-0.25, -0.2) is 0 Å². The quantitative estimate of drug-likeness (QED) is 0.540.